The van der Waals surface area contributed by atoms with Crippen molar-refractivity contribution in [2.75, 3.05) is 36.9 Å². The summed E-state index contributed by atoms with van der Waals surface area (Å²) in [5.41, 5.74) is 4.09. The van der Waals surface area contributed by atoms with Crippen LogP contribution in [0.5, 0.6) is 0 Å². The fourth-order valence-corrected chi connectivity index (χ4v) is 8.67. The van der Waals surface area contributed by atoms with Crippen molar-refractivity contribution in [3.63, 3.8) is 0 Å². The molecule has 0 bridgehead atoms. The van der Waals surface area contributed by atoms with Crippen molar-refractivity contribution < 1.29 is 14.3 Å². The lowest BCUT2D eigenvalue weighted by Crippen LogP contribution is -2.41. The first-order valence-electron chi connectivity index (χ1n) is 18.4. The fraction of sp³-hybridized carbons (Fsp3) is 0.590. The van der Waals surface area contributed by atoms with Gasteiger partial charge in [0.25, 0.3) is 0 Å². The van der Waals surface area contributed by atoms with Crippen molar-refractivity contribution in [1.29, 1.82) is 0 Å². The van der Waals surface area contributed by atoms with Gasteiger partial charge in [0.05, 0.1) is 17.7 Å². The number of aryl methyl sites for hydroxylation is 2. The highest BCUT2D eigenvalue weighted by Gasteiger charge is 2.34. The summed E-state index contributed by atoms with van der Waals surface area (Å²) in [6.07, 6.45) is 10.8. The van der Waals surface area contributed by atoms with Crippen LogP contribution < -0.4 is 15.8 Å². The van der Waals surface area contributed by atoms with E-state index in [2.05, 4.69) is 36.0 Å². The molecule has 9 nitrogen and oxygen atoms in total. The third-order valence-corrected chi connectivity index (χ3v) is 11.5. The molecule has 6 rings (SSSR count). The molecule has 264 valence electrons. The Labute approximate surface area is 290 Å². The second-order valence-corrected chi connectivity index (χ2v) is 14.9. The molecule has 2 N–H and O–H groups in total. The number of rotatable bonds is 11. The number of anilines is 2. The molecule has 2 aromatic heterocycles. The minimum atomic E-state index is -0.683. The Kier molecular flexibility index (Phi) is 11.0. The summed E-state index contributed by atoms with van der Waals surface area (Å²) in [4.78, 5) is 39.3. The molecule has 2 aliphatic carbocycles. The Morgan fingerprint density at radius 3 is 2.61 bits per heavy atom. The summed E-state index contributed by atoms with van der Waals surface area (Å²) < 4.78 is 16.0. The van der Waals surface area contributed by atoms with Gasteiger partial charge in [0.2, 0.25) is 11.5 Å². The molecule has 49 heavy (non-hydrogen) atoms. The lowest BCUT2D eigenvalue weighted by atomic mass is 9.77. The number of nitrogens with one attached hydrogen (secondary N) is 1. The second-order valence-electron chi connectivity index (χ2n) is 14.9. The number of carboxylic acid groups (broad SMARTS) is 1. The lowest BCUT2D eigenvalue weighted by molar-refractivity contribution is -0.143. The number of fused-ring (bicyclic) bond motifs is 1. The van der Waals surface area contributed by atoms with Crippen molar-refractivity contribution >= 4 is 17.7 Å². The second kappa shape index (κ2) is 15.4. The summed E-state index contributed by atoms with van der Waals surface area (Å²) in [6, 6.07) is 10.6. The van der Waals surface area contributed by atoms with Crippen LogP contribution in [0.1, 0.15) is 99.6 Å². The van der Waals surface area contributed by atoms with Crippen LogP contribution in [0.2, 0.25) is 0 Å². The average Bonchev–Trinajstić information content (AvgIpc) is 3.09. The van der Waals surface area contributed by atoms with Gasteiger partial charge in [-0.2, -0.15) is 4.98 Å². The van der Waals surface area contributed by atoms with Crippen LogP contribution in [-0.4, -0.2) is 63.2 Å². The predicted molar refractivity (Wildman–Crippen MR) is 192 cm³/mol. The minimum absolute atomic E-state index is 0.0432. The van der Waals surface area contributed by atoms with E-state index in [-0.39, 0.29) is 35.3 Å². The first-order chi connectivity index (χ1) is 23.6. The summed E-state index contributed by atoms with van der Waals surface area (Å²) >= 11 is 0. The standard InChI is InChI=1S/C39H53FN6O3/c1-5-35(26-11-13-27(14-12-26)38(48)49)45(4)39-42-33-17-15-29(28-9-6-10-31(40)20-28)21-32(33)37(43-39)41-34(24-46-19-7-8-25(2)22-46)30-16-18-36(47)44(3)23-30/h6,9-10,16,18,20,23,25-27,29,34-35H,5,7-8,11-15,17,19,21-22,24H2,1-4H3,(H,48,49)(H,41,42,43)/t25-,26?,27?,29+,34-,35+/m0/s1. The molecule has 3 aromatic rings. The van der Waals surface area contributed by atoms with Gasteiger partial charge in [-0.15, -0.1) is 0 Å². The van der Waals surface area contributed by atoms with E-state index in [0.29, 0.717) is 37.0 Å². The average molecular weight is 673 g/mol. The van der Waals surface area contributed by atoms with Gasteiger partial charge in [-0.05, 0) is 118 Å². The molecule has 0 radical (unpaired) electrons. The Bertz CT molecular complexity index is 1670. The third kappa shape index (κ3) is 8.17. The number of carboxylic acids is 1. The number of benzene rings is 1. The maximum atomic E-state index is 14.3. The van der Waals surface area contributed by atoms with Crippen molar-refractivity contribution in [3.8, 4) is 0 Å². The summed E-state index contributed by atoms with van der Waals surface area (Å²) in [5.74, 6) is 1.50. The first-order valence-corrected chi connectivity index (χ1v) is 18.4. The number of aliphatic carboxylic acids is 1. The van der Waals surface area contributed by atoms with Gasteiger partial charge < -0.3 is 24.8 Å². The van der Waals surface area contributed by atoms with E-state index in [9.17, 15) is 19.1 Å². The molecule has 1 saturated carbocycles. The van der Waals surface area contributed by atoms with Gasteiger partial charge in [0.1, 0.15) is 11.6 Å². The third-order valence-electron chi connectivity index (χ3n) is 11.5. The SMILES string of the molecule is CC[C@H](C1CCC(C(=O)O)CC1)N(C)c1nc2c(c(N[C@@H](CN3CCC[C@H](C)C3)c3ccc(=O)n(C)c3)n1)C[C@H](c1cccc(F)c1)CC2. The predicted octanol–water partition coefficient (Wildman–Crippen LogP) is 6.58. The minimum Gasteiger partial charge on any atom is -0.481 e. The number of hydrogen-bond donors (Lipinski definition) is 2. The van der Waals surface area contributed by atoms with Crippen LogP contribution in [0.25, 0.3) is 0 Å². The van der Waals surface area contributed by atoms with E-state index in [4.69, 9.17) is 9.97 Å². The van der Waals surface area contributed by atoms with Gasteiger partial charge in [0, 0.05) is 51.1 Å². The molecule has 0 unspecified atom stereocenters. The number of hydrogen-bond acceptors (Lipinski definition) is 7. The zero-order chi connectivity index (χ0) is 34.7. The highest BCUT2D eigenvalue weighted by atomic mass is 19.1. The molecule has 3 aliphatic rings. The largest absolute Gasteiger partial charge is 0.481 e. The van der Waals surface area contributed by atoms with Crippen LogP contribution >= 0.6 is 0 Å². The van der Waals surface area contributed by atoms with Crippen LogP contribution in [0.4, 0.5) is 16.2 Å². The number of aromatic nitrogens is 3. The molecular weight excluding hydrogens is 619 g/mol. The van der Waals surface area contributed by atoms with Crippen LogP contribution in [-0.2, 0) is 24.7 Å². The van der Waals surface area contributed by atoms with Crippen molar-refractivity contribution in [3.05, 3.63) is 81.2 Å². The van der Waals surface area contributed by atoms with E-state index >= 15 is 0 Å². The lowest BCUT2D eigenvalue weighted by Gasteiger charge is -2.38. The maximum absolute atomic E-state index is 14.3. The van der Waals surface area contributed by atoms with Crippen molar-refractivity contribution in [1.82, 2.24) is 19.4 Å². The summed E-state index contributed by atoms with van der Waals surface area (Å²) in [7, 11) is 3.88. The zero-order valence-corrected chi connectivity index (χ0v) is 29.6. The van der Waals surface area contributed by atoms with Crippen LogP contribution in [0.15, 0.2) is 47.4 Å². The Hall–Kier alpha value is -3.79. The molecule has 1 aromatic carbocycles. The smallest absolute Gasteiger partial charge is 0.306 e. The molecule has 0 spiro atoms. The number of likely N-dealkylation sites (tertiary alicyclic amines) is 1. The van der Waals surface area contributed by atoms with E-state index in [1.807, 2.05) is 18.3 Å². The highest BCUT2D eigenvalue weighted by Crippen LogP contribution is 2.39. The normalized spacial score (nSPS) is 24.1. The Balaban J connectivity index is 1.36. The summed E-state index contributed by atoms with van der Waals surface area (Å²) in [5, 5.41) is 13.5. The van der Waals surface area contributed by atoms with Crippen molar-refractivity contribution in [2.24, 2.45) is 24.8 Å². The Morgan fingerprint density at radius 1 is 1.12 bits per heavy atom. The Morgan fingerprint density at radius 2 is 1.92 bits per heavy atom. The first kappa shape index (κ1) is 35.1. The monoisotopic (exact) mass is 672 g/mol. The quantitative estimate of drug-likeness (QED) is 0.236. The van der Waals surface area contributed by atoms with Gasteiger partial charge in [0.15, 0.2) is 0 Å². The molecule has 0 amide bonds. The van der Waals surface area contributed by atoms with E-state index < -0.39 is 5.97 Å². The summed E-state index contributed by atoms with van der Waals surface area (Å²) in [6.45, 7) is 7.36. The number of piperidine rings is 1. The van der Waals surface area contributed by atoms with Gasteiger partial charge in [-0.25, -0.2) is 9.37 Å². The van der Waals surface area contributed by atoms with E-state index in [0.717, 1.165) is 79.9 Å². The number of halogens is 1. The fourth-order valence-electron chi connectivity index (χ4n) is 8.67. The highest BCUT2D eigenvalue weighted by molar-refractivity contribution is 5.70. The molecule has 1 saturated heterocycles. The topological polar surface area (TPSA) is 104 Å². The zero-order valence-electron chi connectivity index (χ0n) is 29.6. The van der Waals surface area contributed by atoms with Crippen molar-refractivity contribution in [2.45, 2.75) is 96.1 Å². The maximum Gasteiger partial charge on any atom is 0.306 e. The number of pyridine rings is 1. The molecule has 1 aliphatic heterocycles. The number of nitrogens with zero attached hydrogens (tertiary/aromatic N) is 5. The van der Waals surface area contributed by atoms with Crippen LogP contribution in [0, 0.1) is 23.6 Å². The molecule has 2 fully saturated rings. The van der Waals surface area contributed by atoms with Crippen LogP contribution in [0.3, 0.4) is 0 Å². The molecule has 10 heteroatoms. The molecule has 4 atom stereocenters. The van der Waals surface area contributed by atoms with Gasteiger partial charge >= 0.3 is 5.97 Å². The molecular formula is C39H53FN6O3. The van der Waals surface area contributed by atoms with E-state index in [1.54, 1.807) is 29.8 Å². The van der Waals surface area contributed by atoms with Gasteiger partial charge in [-0.3, -0.25) is 9.59 Å². The number of carbonyl (C=O) groups is 1. The molecule has 3 heterocycles. The van der Waals surface area contributed by atoms with E-state index in [1.165, 1.54) is 18.9 Å². The van der Waals surface area contributed by atoms with Gasteiger partial charge in [-0.1, -0.05) is 26.0 Å².